The van der Waals surface area contributed by atoms with Gasteiger partial charge in [0.15, 0.2) is 0 Å². The second-order valence-electron chi connectivity index (χ2n) is 5.29. The van der Waals surface area contributed by atoms with Gasteiger partial charge < -0.3 is 9.67 Å². The molecule has 1 aromatic carbocycles. The van der Waals surface area contributed by atoms with Crippen molar-refractivity contribution in [3.05, 3.63) is 47.5 Å². The molecule has 0 fully saturated rings. The van der Waals surface area contributed by atoms with Gasteiger partial charge in [0.25, 0.3) is 0 Å². The van der Waals surface area contributed by atoms with E-state index < -0.39 is 0 Å². The highest BCUT2D eigenvalue weighted by Crippen LogP contribution is 2.21. The molecule has 18 heavy (non-hydrogen) atoms. The molecule has 2 aromatic rings. The molecular formula is C15H18N2O. The smallest absolute Gasteiger partial charge is 0.115 e. The largest absolute Gasteiger partial charge is 0.508 e. The van der Waals surface area contributed by atoms with Crippen molar-refractivity contribution in [2.75, 3.05) is 0 Å². The molecule has 0 spiro atoms. The maximum atomic E-state index is 9.26. The monoisotopic (exact) mass is 242 g/mol. The maximum Gasteiger partial charge on any atom is 0.115 e. The Morgan fingerprint density at radius 3 is 2.89 bits per heavy atom. The lowest BCUT2D eigenvalue weighted by atomic mass is 10.0. The maximum absolute atomic E-state index is 9.26. The normalized spacial score (nSPS) is 18.6. The predicted octanol–water partition coefficient (Wildman–Crippen LogP) is 2.76. The van der Waals surface area contributed by atoms with Gasteiger partial charge in [0, 0.05) is 25.6 Å². The molecule has 1 unspecified atom stereocenters. The summed E-state index contributed by atoms with van der Waals surface area (Å²) in [6, 6.07) is 7.37. The highest BCUT2D eigenvalue weighted by molar-refractivity contribution is 5.28. The zero-order valence-electron chi connectivity index (χ0n) is 10.6. The van der Waals surface area contributed by atoms with E-state index in [0.29, 0.717) is 5.75 Å². The van der Waals surface area contributed by atoms with Crippen LogP contribution < -0.4 is 0 Å². The number of imidazole rings is 1. The molecule has 0 saturated carbocycles. The molecule has 0 bridgehead atoms. The number of phenols is 1. The molecule has 3 nitrogen and oxygen atoms in total. The SMILES string of the molecule is CC1CCc2nc(Cc3ccc(O)cc3)cn2C1. The molecule has 1 aromatic heterocycles. The number of rotatable bonds is 2. The Kier molecular flexibility index (Phi) is 2.82. The fourth-order valence-corrected chi connectivity index (χ4v) is 2.58. The quantitative estimate of drug-likeness (QED) is 0.879. The molecule has 0 amide bonds. The molecule has 1 aliphatic heterocycles. The summed E-state index contributed by atoms with van der Waals surface area (Å²) in [6.07, 6.45) is 5.36. The molecule has 0 saturated heterocycles. The Bertz CT molecular complexity index is 542. The third kappa shape index (κ3) is 2.26. The van der Waals surface area contributed by atoms with E-state index in [-0.39, 0.29) is 0 Å². The molecule has 3 rings (SSSR count). The van der Waals surface area contributed by atoms with Crippen LogP contribution in [0.3, 0.4) is 0 Å². The Hall–Kier alpha value is -1.77. The first-order chi connectivity index (χ1) is 8.70. The molecule has 1 aliphatic rings. The summed E-state index contributed by atoms with van der Waals surface area (Å²) in [5, 5.41) is 9.26. The molecular weight excluding hydrogens is 224 g/mol. The number of hydrogen-bond acceptors (Lipinski definition) is 2. The van der Waals surface area contributed by atoms with E-state index in [9.17, 15) is 5.11 Å². The summed E-state index contributed by atoms with van der Waals surface area (Å²) in [5.41, 5.74) is 2.32. The molecule has 0 aliphatic carbocycles. The highest BCUT2D eigenvalue weighted by atomic mass is 16.3. The van der Waals surface area contributed by atoms with Crippen molar-refractivity contribution in [2.45, 2.75) is 32.7 Å². The molecule has 1 atom stereocenters. The average Bonchev–Trinajstić information content (AvgIpc) is 2.73. The minimum absolute atomic E-state index is 0.316. The topological polar surface area (TPSA) is 38.1 Å². The first kappa shape index (κ1) is 11.3. The Balaban J connectivity index is 1.79. The summed E-state index contributed by atoms with van der Waals surface area (Å²) >= 11 is 0. The number of aromatic nitrogens is 2. The fourth-order valence-electron chi connectivity index (χ4n) is 2.58. The van der Waals surface area contributed by atoms with Gasteiger partial charge >= 0.3 is 0 Å². The van der Waals surface area contributed by atoms with Crippen LogP contribution in [0.25, 0.3) is 0 Å². The van der Waals surface area contributed by atoms with Crippen molar-refractivity contribution in [1.29, 1.82) is 0 Å². The number of fused-ring (bicyclic) bond motifs is 1. The molecule has 94 valence electrons. The number of benzene rings is 1. The van der Waals surface area contributed by atoms with Crippen molar-refractivity contribution < 1.29 is 5.11 Å². The van der Waals surface area contributed by atoms with Gasteiger partial charge in [-0.3, -0.25) is 0 Å². The third-order valence-electron chi connectivity index (χ3n) is 3.60. The van der Waals surface area contributed by atoms with Gasteiger partial charge in [-0.25, -0.2) is 4.98 Å². The number of nitrogens with zero attached hydrogens (tertiary/aromatic N) is 2. The first-order valence-electron chi connectivity index (χ1n) is 6.53. The minimum atomic E-state index is 0.316. The Morgan fingerprint density at radius 1 is 1.33 bits per heavy atom. The van der Waals surface area contributed by atoms with E-state index >= 15 is 0 Å². The number of aromatic hydroxyl groups is 1. The zero-order valence-corrected chi connectivity index (χ0v) is 10.6. The van der Waals surface area contributed by atoms with Crippen LogP contribution in [-0.2, 0) is 19.4 Å². The number of hydrogen-bond donors (Lipinski definition) is 1. The van der Waals surface area contributed by atoms with Gasteiger partial charge in [-0.2, -0.15) is 0 Å². The van der Waals surface area contributed by atoms with Crippen LogP contribution >= 0.6 is 0 Å². The lowest BCUT2D eigenvalue weighted by molar-refractivity contribution is 0.394. The van der Waals surface area contributed by atoms with Gasteiger partial charge in [-0.1, -0.05) is 19.1 Å². The summed E-state index contributed by atoms with van der Waals surface area (Å²) in [5.74, 6) is 2.30. The highest BCUT2D eigenvalue weighted by Gasteiger charge is 2.16. The Labute approximate surface area is 107 Å². The van der Waals surface area contributed by atoms with E-state index in [1.54, 1.807) is 12.1 Å². The van der Waals surface area contributed by atoms with E-state index in [1.807, 2.05) is 12.1 Å². The minimum Gasteiger partial charge on any atom is -0.508 e. The zero-order chi connectivity index (χ0) is 12.5. The van der Waals surface area contributed by atoms with E-state index in [1.165, 1.54) is 17.8 Å². The van der Waals surface area contributed by atoms with Crippen LogP contribution in [0.1, 0.15) is 30.4 Å². The number of aryl methyl sites for hydroxylation is 1. The van der Waals surface area contributed by atoms with Gasteiger partial charge in [-0.05, 0) is 30.0 Å². The van der Waals surface area contributed by atoms with Crippen molar-refractivity contribution in [3.8, 4) is 5.75 Å². The van der Waals surface area contributed by atoms with Gasteiger partial charge in [0.2, 0.25) is 0 Å². The molecule has 0 radical (unpaired) electrons. The van der Waals surface area contributed by atoms with Crippen LogP contribution in [-0.4, -0.2) is 14.7 Å². The summed E-state index contributed by atoms with van der Waals surface area (Å²) in [6.45, 7) is 3.39. The van der Waals surface area contributed by atoms with Crippen molar-refractivity contribution in [3.63, 3.8) is 0 Å². The third-order valence-corrected chi connectivity index (χ3v) is 3.60. The van der Waals surface area contributed by atoms with Crippen LogP contribution in [0.15, 0.2) is 30.5 Å². The lowest BCUT2D eigenvalue weighted by Crippen LogP contribution is -2.17. The first-order valence-corrected chi connectivity index (χ1v) is 6.53. The van der Waals surface area contributed by atoms with E-state index in [2.05, 4.69) is 17.7 Å². The standard InChI is InChI=1S/C15H18N2O/c1-11-2-7-15-16-13(10-17(15)9-11)8-12-3-5-14(18)6-4-12/h3-6,10-11,18H,2,7-9H2,1H3. The van der Waals surface area contributed by atoms with Crippen LogP contribution in [0.4, 0.5) is 0 Å². The van der Waals surface area contributed by atoms with Gasteiger partial charge in [0.1, 0.15) is 11.6 Å². The van der Waals surface area contributed by atoms with Crippen molar-refractivity contribution >= 4 is 0 Å². The molecule has 2 heterocycles. The van der Waals surface area contributed by atoms with E-state index in [0.717, 1.165) is 31.0 Å². The summed E-state index contributed by atoms with van der Waals surface area (Å²) in [4.78, 5) is 4.70. The van der Waals surface area contributed by atoms with Crippen molar-refractivity contribution in [2.24, 2.45) is 5.92 Å². The van der Waals surface area contributed by atoms with Gasteiger partial charge in [0.05, 0.1) is 5.69 Å². The second-order valence-corrected chi connectivity index (χ2v) is 5.29. The predicted molar refractivity (Wildman–Crippen MR) is 70.6 cm³/mol. The van der Waals surface area contributed by atoms with Crippen LogP contribution in [0.2, 0.25) is 0 Å². The summed E-state index contributed by atoms with van der Waals surface area (Å²) in [7, 11) is 0. The fraction of sp³-hybridized carbons (Fsp3) is 0.400. The molecule has 3 heteroatoms. The number of phenolic OH excluding ortho intramolecular Hbond substituents is 1. The summed E-state index contributed by atoms with van der Waals surface area (Å²) < 4.78 is 2.30. The Morgan fingerprint density at radius 2 is 2.11 bits per heavy atom. The second kappa shape index (κ2) is 4.48. The average molecular weight is 242 g/mol. The van der Waals surface area contributed by atoms with Crippen molar-refractivity contribution in [1.82, 2.24) is 9.55 Å². The lowest BCUT2D eigenvalue weighted by Gasteiger charge is -2.19. The van der Waals surface area contributed by atoms with E-state index in [4.69, 9.17) is 4.98 Å². The van der Waals surface area contributed by atoms with Crippen LogP contribution in [0.5, 0.6) is 5.75 Å². The van der Waals surface area contributed by atoms with Crippen LogP contribution in [0, 0.1) is 5.92 Å². The molecule has 1 N–H and O–H groups in total. The van der Waals surface area contributed by atoms with Gasteiger partial charge in [-0.15, -0.1) is 0 Å².